The lowest BCUT2D eigenvalue weighted by atomic mass is 10.0. The highest BCUT2D eigenvalue weighted by Gasteiger charge is 2.24. The number of aromatic nitrogens is 3. The topological polar surface area (TPSA) is 346 Å². The first kappa shape index (κ1) is 43.5. The van der Waals surface area contributed by atoms with Crippen molar-refractivity contribution >= 4 is 125 Å². The van der Waals surface area contributed by atoms with Crippen LogP contribution in [0, 0.1) is 6.92 Å². The van der Waals surface area contributed by atoms with Gasteiger partial charge in [0.25, 0.3) is 20.2 Å². The predicted molar refractivity (Wildman–Crippen MR) is 203 cm³/mol. The van der Waals surface area contributed by atoms with Crippen LogP contribution in [-0.4, -0.2) is 68.2 Å². The third-order valence-corrected chi connectivity index (χ3v) is 10.9. The van der Waals surface area contributed by atoms with Gasteiger partial charge in [0.1, 0.15) is 32.7 Å². The van der Waals surface area contributed by atoms with Crippen molar-refractivity contribution in [3.05, 3.63) is 65.4 Å². The molecule has 0 spiro atoms. The van der Waals surface area contributed by atoms with Crippen LogP contribution in [0.2, 0.25) is 5.28 Å². The van der Waals surface area contributed by atoms with Gasteiger partial charge in [0, 0.05) is 39.3 Å². The minimum absolute atomic E-state index is 0.0324. The third-order valence-electron chi connectivity index (χ3n) is 6.97. The van der Waals surface area contributed by atoms with Gasteiger partial charge in [-0.25, -0.2) is 10.5 Å². The molecule has 0 amide bonds. The van der Waals surface area contributed by atoms with Gasteiger partial charge in [-0.1, -0.05) is 10.1 Å². The summed E-state index contributed by atoms with van der Waals surface area (Å²) < 4.78 is 81.7. The first-order valence-corrected chi connectivity index (χ1v) is 20.4. The van der Waals surface area contributed by atoms with Crippen LogP contribution in [0.1, 0.15) is 5.56 Å². The zero-order chi connectivity index (χ0) is 41.5. The van der Waals surface area contributed by atoms with Gasteiger partial charge in [-0.3, -0.25) is 13.9 Å². The molecule has 1 aromatic heterocycles. The number of carbonyl (C=O) groups excluding carboxylic acids is 1. The van der Waals surface area contributed by atoms with Gasteiger partial charge in [0.2, 0.25) is 17.2 Å². The number of anilines is 5. The first-order valence-electron chi connectivity index (χ1n) is 14.8. The number of phenolic OH excluding ortho intramolecular Hbond substituents is 1. The average Bonchev–Trinajstić information content (AvgIpc) is 3.13. The van der Waals surface area contributed by atoms with Crippen LogP contribution in [0.3, 0.4) is 0 Å². The number of nitrogen functional groups attached to an aromatic ring is 1. The van der Waals surface area contributed by atoms with Crippen LogP contribution in [0.5, 0.6) is 5.75 Å². The van der Waals surface area contributed by atoms with Gasteiger partial charge in [-0.2, -0.15) is 31.8 Å². The Labute approximate surface area is 337 Å². The number of nitrogens with one attached hydrogen (secondary N) is 2. The Kier molecular flexibility index (Phi) is 14.3. The van der Waals surface area contributed by atoms with Crippen molar-refractivity contribution in [2.24, 2.45) is 10.2 Å². The van der Waals surface area contributed by atoms with Crippen LogP contribution in [0.15, 0.2) is 84.4 Å². The van der Waals surface area contributed by atoms with E-state index < -0.39 is 47.4 Å². The molecule has 302 valence electrons. The maximum Gasteiger partial charge on any atom is 0.330 e. The van der Waals surface area contributed by atoms with Crippen molar-refractivity contribution in [2.45, 2.75) is 26.5 Å². The highest BCUT2D eigenvalue weighted by atomic mass is 35.5. The lowest BCUT2D eigenvalue weighted by Crippen LogP contribution is -2.04. The minimum Gasteiger partial charge on any atom is -0.507 e. The van der Waals surface area contributed by atoms with Crippen LogP contribution < -0.4 is 16.4 Å². The van der Waals surface area contributed by atoms with Gasteiger partial charge < -0.3 is 25.7 Å². The molecule has 0 fully saturated rings. The number of rotatable bonds is 17. The van der Waals surface area contributed by atoms with E-state index in [1.165, 1.54) is 19.1 Å². The summed E-state index contributed by atoms with van der Waals surface area (Å²) in [5, 5.41) is 48.0. The molecule has 0 aliphatic carbocycles. The number of phenols is 1. The fraction of sp³-hybridized carbons (Fsp3) is 0.0714. The fourth-order valence-electron chi connectivity index (χ4n) is 4.63. The molecule has 5 rings (SSSR count). The number of halogens is 1. The van der Waals surface area contributed by atoms with Gasteiger partial charge in [0.05, 0.1) is 34.7 Å². The highest BCUT2D eigenvalue weighted by Crippen LogP contribution is 2.47. The Morgan fingerprint density at radius 2 is 1.49 bits per heavy atom. The smallest absolute Gasteiger partial charge is 0.330 e. The summed E-state index contributed by atoms with van der Waals surface area (Å²) in [5.41, 5.74) is 5.54. The van der Waals surface area contributed by atoms with Crippen molar-refractivity contribution in [2.75, 3.05) is 22.1 Å². The number of hydrogen-bond acceptors (Lipinski definition) is 24. The standard InChI is InChI=1S/C28H23ClN8O15S5/c1-12-20(57(45,46)47)9-13-8-18(55-52-50-41)24(23(30)22(13)25(12)39)37-36-17-10-15(4-7-19(17)56(42,43)44)32-28-34-26(29)33-27(35-28)31-14-2-5-16(6-3-14)54-48-21(38)11-53-51-49-40/h2-10,39-41H,11,30H2,1H3,(H,42,43,44)(H,45,46,47)(H2,31,32,33,34,35). The van der Waals surface area contributed by atoms with Crippen molar-refractivity contribution in [1.82, 2.24) is 15.0 Å². The van der Waals surface area contributed by atoms with Gasteiger partial charge >= 0.3 is 5.97 Å². The first-order chi connectivity index (χ1) is 27.0. The molecule has 23 nitrogen and oxygen atoms in total. The quantitative estimate of drug-likeness (QED) is 0.00912. The van der Waals surface area contributed by atoms with Crippen LogP contribution in [-0.2, 0) is 48.0 Å². The molecule has 57 heavy (non-hydrogen) atoms. The summed E-state index contributed by atoms with van der Waals surface area (Å²) in [5.74, 6) is -1.73. The molecule has 0 bridgehead atoms. The molecule has 4 aromatic carbocycles. The highest BCUT2D eigenvalue weighted by molar-refractivity contribution is 7.96. The number of fused-ring (bicyclic) bond motifs is 1. The summed E-state index contributed by atoms with van der Waals surface area (Å²) in [7, 11) is -9.72. The number of hydrogen-bond donors (Lipinski definition) is 8. The maximum absolute atomic E-state index is 12.3. The number of aromatic hydroxyl groups is 1. The van der Waals surface area contributed by atoms with Gasteiger partial charge in [-0.05, 0) is 78.5 Å². The van der Waals surface area contributed by atoms with E-state index in [9.17, 15) is 35.8 Å². The second kappa shape index (κ2) is 18.7. The molecule has 0 aliphatic heterocycles. The molecule has 0 unspecified atom stereocenters. The summed E-state index contributed by atoms with van der Waals surface area (Å²) in [4.78, 5) is 23.0. The summed E-state index contributed by atoms with van der Waals surface area (Å²) in [6.45, 7) is 1.21. The lowest BCUT2D eigenvalue weighted by Gasteiger charge is -2.14. The zero-order valence-corrected chi connectivity index (χ0v) is 32.8. The van der Waals surface area contributed by atoms with E-state index in [0.29, 0.717) is 34.7 Å². The molecule has 0 saturated heterocycles. The largest absolute Gasteiger partial charge is 0.507 e. The van der Waals surface area contributed by atoms with E-state index in [1.54, 1.807) is 24.3 Å². The number of carbonyl (C=O) groups is 1. The van der Waals surface area contributed by atoms with E-state index in [1.807, 2.05) is 0 Å². The number of nitrogens with two attached hydrogens (primary N) is 1. The van der Waals surface area contributed by atoms with Crippen molar-refractivity contribution in [3.8, 4) is 5.75 Å². The van der Waals surface area contributed by atoms with E-state index in [2.05, 4.69) is 54.6 Å². The summed E-state index contributed by atoms with van der Waals surface area (Å²) in [6, 6.07) is 12.0. The van der Waals surface area contributed by atoms with Crippen molar-refractivity contribution in [1.29, 1.82) is 0 Å². The van der Waals surface area contributed by atoms with Gasteiger partial charge in [-0.15, -0.1) is 18.9 Å². The molecule has 0 radical (unpaired) electrons. The van der Waals surface area contributed by atoms with E-state index in [-0.39, 0.29) is 61.2 Å². The Balaban J connectivity index is 1.43. The van der Waals surface area contributed by atoms with E-state index >= 15 is 0 Å². The molecular formula is C28H23ClN8O15S5. The summed E-state index contributed by atoms with van der Waals surface area (Å²) in [6.07, 6.45) is 0. The van der Waals surface area contributed by atoms with Crippen LogP contribution in [0.25, 0.3) is 10.8 Å². The second-order valence-corrected chi connectivity index (χ2v) is 15.9. The predicted octanol–water partition coefficient (Wildman–Crippen LogP) is 6.72. The number of nitrogens with zero attached hydrogens (tertiary/aromatic N) is 5. The Morgan fingerprint density at radius 3 is 2.12 bits per heavy atom. The van der Waals surface area contributed by atoms with Crippen LogP contribution >= 0.6 is 47.7 Å². The molecule has 0 aliphatic rings. The van der Waals surface area contributed by atoms with Gasteiger partial charge in [0.15, 0.2) is 0 Å². The Morgan fingerprint density at radius 1 is 0.860 bits per heavy atom. The van der Waals surface area contributed by atoms with Crippen molar-refractivity contribution < 1.29 is 69.3 Å². The SMILES string of the molecule is Cc1c(S(=O)(=O)O)cc2cc(SOOO)c(N=Nc3cc(Nc4nc(Cl)nc(Nc5ccc(SOC(=O)CSOOO)cc5)n4)ccc3S(=O)(=O)O)c(N)c2c1O. The molecular weight excluding hydrogens is 884 g/mol. The van der Waals surface area contributed by atoms with E-state index in [4.69, 9.17) is 32.0 Å². The normalized spacial score (nSPS) is 12.0. The minimum atomic E-state index is -4.93. The summed E-state index contributed by atoms with van der Waals surface area (Å²) >= 11 is 7.73. The molecule has 0 saturated carbocycles. The Bertz CT molecular complexity index is 2570. The Hall–Kier alpha value is -4.66. The fourth-order valence-corrected chi connectivity index (χ4v) is 7.48. The maximum atomic E-state index is 12.3. The van der Waals surface area contributed by atoms with E-state index in [0.717, 1.165) is 30.2 Å². The molecule has 29 heteroatoms. The molecule has 0 atom stereocenters. The molecule has 1 heterocycles. The molecule has 9 N–H and O–H groups in total. The van der Waals surface area contributed by atoms with Crippen molar-refractivity contribution in [3.63, 3.8) is 0 Å². The van der Waals surface area contributed by atoms with Crippen LogP contribution in [0.4, 0.5) is 40.3 Å². The monoisotopic (exact) mass is 906 g/mol. The number of benzene rings is 4. The zero-order valence-electron chi connectivity index (χ0n) is 28.0. The third kappa shape index (κ3) is 11.3. The second-order valence-electron chi connectivity index (χ2n) is 10.6. The average molecular weight is 907 g/mol. The molecule has 5 aromatic rings. The number of azo groups is 1. The lowest BCUT2D eigenvalue weighted by molar-refractivity contribution is -0.432.